The first-order valence-electron chi connectivity index (χ1n) is 6.99. The summed E-state index contributed by atoms with van der Waals surface area (Å²) >= 11 is 0. The van der Waals surface area contributed by atoms with Crippen molar-refractivity contribution in [3.63, 3.8) is 0 Å². The fourth-order valence-corrected chi connectivity index (χ4v) is 2.67. The Morgan fingerprint density at radius 3 is 2.56 bits per heavy atom. The SMILES string of the molecule is CCc1ccc(CN2CCCC(C(C)=O)C2)cc1. The molecular weight excluding hydrogens is 222 g/mol. The van der Waals surface area contributed by atoms with Crippen LogP contribution in [0.1, 0.15) is 37.8 Å². The number of benzene rings is 1. The van der Waals surface area contributed by atoms with Gasteiger partial charge in [-0.2, -0.15) is 0 Å². The monoisotopic (exact) mass is 245 g/mol. The number of hydrogen-bond acceptors (Lipinski definition) is 2. The van der Waals surface area contributed by atoms with Crippen LogP contribution in [0.3, 0.4) is 0 Å². The lowest BCUT2D eigenvalue weighted by Crippen LogP contribution is -2.37. The molecule has 0 aromatic heterocycles. The van der Waals surface area contributed by atoms with Crippen molar-refractivity contribution < 1.29 is 4.79 Å². The zero-order valence-electron chi connectivity index (χ0n) is 11.5. The van der Waals surface area contributed by atoms with Crippen molar-refractivity contribution in [3.8, 4) is 0 Å². The lowest BCUT2D eigenvalue weighted by Gasteiger charge is -2.31. The molecule has 0 aliphatic carbocycles. The van der Waals surface area contributed by atoms with Gasteiger partial charge in [-0.05, 0) is 43.9 Å². The lowest BCUT2D eigenvalue weighted by atomic mass is 9.94. The van der Waals surface area contributed by atoms with Crippen molar-refractivity contribution in [1.29, 1.82) is 0 Å². The first kappa shape index (κ1) is 13.3. The molecule has 0 N–H and O–H groups in total. The van der Waals surface area contributed by atoms with Gasteiger partial charge < -0.3 is 0 Å². The van der Waals surface area contributed by atoms with E-state index in [0.29, 0.717) is 5.78 Å². The second kappa shape index (κ2) is 6.14. The summed E-state index contributed by atoms with van der Waals surface area (Å²) in [5.74, 6) is 0.606. The number of likely N-dealkylation sites (tertiary alicyclic amines) is 1. The van der Waals surface area contributed by atoms with E-state index in [1.165, 1.54) is 11.1 Å². The molecule has 1 aromatic rings. The molecule has 1 aromatic carbocycles. The van der Waals surface area contributed by atoms with Crippen LogP contribution in [0.5, 0.6) is 0 Å². The van der Waals surface area contributed by atoms with Crippen molar-refractivity contribution >= 4 is 5.78 Å². The second-order valence-corrected chi connectivity index (χ2v) is 5.35. The number of carbonyl (C=O) groups excluding carboxylic acids is 1. The van der Waals surface area contributed by atoms with E-state index in [1.54, 1.807) is 6.92 Å². The number of carbonyl (C=O) groups is 1. The van der Waals surface area contributed by atoms with Crippen LogP contribution in [0.4, 0.5) is 0 Å². The molecule has 2 nitrogen and oxygen atoms in total. The van der Waals surface area contributed by atoms with Crippen LogP contribution in [-0.2, 0) is 17.8 Å². The van der Waals surface area contributed by atoms with E-state index >= 15 is 0 Å². The largest absolute Gasteiger partial charge is 0.300 e. The van der Waals surface area contributed by atoms with Crippen LogP contribution in [0, 0.1) is 5.92 Å². The predicted octanol–water partition coefficient (Wildman–Crippen LogP) is 3.05. The van der Waals surface area contributed by atoms with Gasteiger partial charge in [-0.15, -0.1) is 0 Å². The summed E-state index contributed by atoms with van der Waals surface area (Å²) in [6, 6.07) is 8.86. The van der Waals surface area contributed by atoms with Crippen molar-refractivity contribution in [1.82, 2.24) is 4.90 Å². The topological polar surface area (TPSA) is 20.3 Å². The summed E-state index contributed by atoms with van der Waals surface area (Å²) in [6.45, 7) is 6.94. The Bertz CT molecular complexity index is 396. The molecule has 2 rings (SSSR count). The molecule has 1 unspecified atom stereocenters. The van der Waals surface area contributed by atoms with E-state index in [-0.39, 0.29) is 5.92 Å². The smallest absolute Gasteiger partial charge is 0.134 e. The molecule has 0 bridgehead atoms. The van der Waals surface area contributed by atoms with Gasteiger partial charge in [-0.1, -0.05) is 31.2 Å². The molecule has 0 radical (unpaired) electrons. The Labute approximate surface area is 110 Å². The van der Waals surface area contributed by atoms with Crippen LogP contribution in [0.2, 0.25) is 0 Å². The molecule has 2 heteroatoms. The average Bonchev–Trinajstić information content (AvgIpc) is 2.40. The Kier molecular flexibility index (Phi) is 4.54. The second-order valence-electron chi connectivity index (χ2n) is 5.35. The van der Waals surface area contributed by atoms with E-state index < -0.39 is 0 Å². The summed E-state index contributed by atoms with van der Waals surface area (Å²) in [4.78, 5) is 13.9. The van der Waals surface area contributed by atoms with Crippen LogP contribution in [0.25, 0.3) is 0 Å². The van der Waals surface area contributed by atoms with Crippen LogP contribution >= 0.6 is 0 Å². The highest BCUT2D eigenvalue weighted by atomic mass is 16.1. The third-order valence-electron chi connectivity index (χ3n) is 3.92. The normalized spacial score (nSPS) is 20.9. The fourth-order valence-electron chi connectivity index (χ4n) is 2.67. The molecular formula is C16H23NO. The molecule has 0 saturated carbocycles. The molecule has 98 valence electrons. The highest BCUT2D eigenvalue weighted by molar-refractivity contribution is 5.78. The van der Waals surface area contributed by atoms with E-state index in [9.17, 15) is 4.79 Å². The van der Waals surface area contributed by atoms with E-state index in [2.05, 4.69) is 36.1 Å². The van der Waals surface area contributed by atoms with Gasteiger partial charge in [0.2, 0.25) is 0 Å². The standard InChI is InChI=1S/C16H23NO/c1-3-14-6-8-15(9-7-14)11-17-10-4-5-16(12-17)13(2)18/h6-9,16H,3-5,10-12H2,1-2H3. The molecule has 1 saturated heterocycles. The van der Waals surface area contributed by atoms with Gasteiger partial charge in [0.25, 0.3) is 0 Å². The van der Waals surface area contributed by atoms with E-state index in [0.717, 1.165) is 38.9 Å². The van der Waals surface area contributed by atoms with Gasteiger partial charge in [0.1, 0.15) is 5.78 Å². The third kappa shape index (κ3) is 3.42. The quantitative estimate of drug-likeness (QED) is 0.812. The van der Waals surface area contributed by atoms with Crippen molar-refractivity contribution in [3.05, 3.63) is 35.4 Å². The molecule has 0 amide bonds. The van der Waals surface area contributed by atoms with Gasteiger partial charge >= 0.3 is 0 Å². The van der Waals surface area contributed by atoms with Crippen molar-refractivity contribution in [2.45, 2.75) is 39.7 Å². The summed E-state index contributed by atoms with van der Waals surface area (Å²) in [7, 11) is 0. The van der Waals surface area contributed by atoms with Gasteiger partial charge in [0.15, 0.2) is 0 Å². The number of hydrogen-bond donors (Lipinski definition) is 0. The van der Waals surface area contributed by atoms with Gasteiger partial charge in [-0.3, -0.25) is 9.69 Å². The minimum absolute atomic E-state index is 0.258. The minimum Gasteiger partial charge on any atom is -0.300 e. The number of ketones is 1. The maximum Gasteiger partial charge on any atom is 0.134 e. The third-order valence-corrected chi connectivity index (χ3v) is 3.92. The molecule has 1 aliphatic rings. The molecule has 1 aliphatic heterocycles. The predicted molar refractivity (Wildman–Crippen MR) is 74.5 cm³/mol. The van der Waals surface area contributed by atoms with Gasteiger partial charge in [-0.25, -0.2) is 0 Å². The number of piperidine rings is 1. The fraction of sp³-hybridized carbons (Fsp3) is 0.562. The Hall–Kier alpha value is -1.15. The molecule has 1 heterocycles. The maximum atomic E-state index is 11.5. The first-order chi connectivity index (χ1) is 8.69. The average molecular weight is 245 g/mol. The van der Waals surface area contributed by atoms with Gasteiger partial charge in [0, 0.05) is 19.0 Å². The molecule has 0 spiro atoms. The Balaban J connectivity index is 1.93. The highest BCUT2D eigenvalue weighted by Gasteiger charge is 2.22. The Morgan fingerprint density at radius 1 is 1.28 bits per heavy atom. The molecule has 1 fully saturated rings. The zero-order chi connectivity index (χ0) is 13.0. The van der Waals surface area contributed by atoms with Crippen LogP contribution < -0.4 is 0 Å². The zero-order valence-corrected chi connectivity index (χ0v) is 11.5. The summed E-state index contributed by atoms with van der Waals surface area (Å²) in [6.07, 6.45) is 3.31. The molecule has 18 heavy (non-hydrogen) atoms. The van der Waals surface area contributed by atoms with Crippen LogP contribution in [-0.4, -0.2) is 23.8 Å². The van der Waals surface area contributed by atoms with Crippen molar-refractivity contribution in [2.24, 2.45) is 5.92 Å². The number of aryl methyl sites for hydroxylation is 1. The summed E-state index contributed by atoms with van der Waals surface area (Å²) < 4.78 is 0. The van der Waals surface area contributed by atoms with Crippen LogP contribution in [0.15, 0.2) is 24.3 Å². The minimum atomic E-state index is 0.258. The Morgan fingerprint density at radius 2 is 1.94 bits per heavy atom. The summed E-state index contributed by atoms with van der Waals surface area (Å²) in [5.41, 5.74) is 2.75. The number of rotatable bonds is 4. The first-order valence-corrected chi connectivity index (χ1v) is 6.99. The van der Waals surface area contributed by atoms with Gasteiger partial charge in [0.05, 0.1) is 0 Å². The van der Waals surface area contributed by atoms with Crippen molar-refractivity contribution in [2.75, 3.05) is 13.1 Å². The lowest BCUT2D eigenvalue weighted by molar-refractivity contribution is -0.122. The van der Waals surface area contributed by atoms with E-state index in [1.807, 2.05) is 0 Å². The van der Waals surface area contributed by atoms with E-state index in [4.69, 9.17) is 0 Å². The summed E-state index contributed by atoms with van der Waals surface area (Å²) in [5, 5.41) is 0. The number of nitrogens with zero attached hydrogens (tertiary/aromatic N) is 1. The molecule has 1 atom stereocenters. The maximum absolute atomic E-state index is 11.5. The highest BCUT2D eigenvalue weighted by Crippen LogP contribution is 2.19. The number of Topliss-reactive ketones (excluding diaryl/α,β-unsaturated/α-hetero) is 1.